The van der Waals surface area contributed by atoms with E-state index >= 15 is 0 Å². The van der Waals surface area contributed by atoms with Crippen LogP contribution in [-0.4, -0.2) is 15.0 Å². The Morgan fingerprint density at radius 3 is 1.68 bits per heavy atom. The molecule has 0 fully saturated rings. The Balaban J connectivity index is 1.51. The molecule has 4 nitrogen and oxygen atoms in total. The Kier molecular flexibility index (Phi) is 2.66. The van der Waals surface area contributed by atoms with Gasteiger partial charge in [0.2, 0.25) is 0 Å². The van der Waals surface area contributed by atoms with Crippen molar-refractivity contribution in [1.82, 2.24) is 15.0 Å². The van der Waals surface area contributed by atoms with Crippen LogP contribution in [-0.2, 0) is 0 Å². The zero-order chi connectivity index (χ0) is 54.7. The maximum absolute atomic E-state index is 9.62. The molecule has 2 aromatic heterocycles. The second kappa shape index (κ2) is 11.2. The van der Waals surface area contributed by atoms with E-state index in [0.717, 1.165) is 0 Å². The number of benzene rings is 7. The molecular formula is C43H27N3O. The highest BCUT2D eigenvalue weighted by Gasteiger charge is 2.19. The summed E-state index contributed by atoms with van der Waals surface area (Å²) in [6.07, 6.45) is 0. The Bertz CT molecular complexity index is 4060. The highest BCUT2D eigenvalue weighted by Crippen LogP contribution is 2.39. The van der Waals surface area contributed by atoms with Crippen LogP contribution in [0.3, 0.4) is 0 Å². The van der Waals surface area contributed by atoms with Crippen molar-refractivity contribution >= 4 is 32.7 Å². The van der Waals surface area contributed by atoms with E-state index in [9.17, 15) is 8.22 Å². The second-order valence-corrected chi connectivity index (χ2v) is 9.57. The number of nitrogens with zero attached hydrogens (tertiary/aromatic N) is 3. The average molecular weight is 629 g/mol. The van der Waals surface area contributed by atoms with Crippen LogP contribution >= 0.6 is 0 Å². The SMILES string of the molecule is [2H]c1c([2H])c([2H])c(-c2nc(-c3c([2H])c([2H])c(-c4c([2H])c([2H])c([2H])c(-c5c([2H])c([2H])c([2H])c([2H])c5[2H])c4[2H])c4c([2H])c([2H])c([2H])c([2H])c34)nc(-c3c([2H])c([2H])c([2H])c4oc5c([2H])c([2H])c([2H])c([2H])c5c34)n2)c([2H])c1[2H]. The van der Waals surface area contributed by atoms with E-state index in [0.29, 0.717) is 0 Å². The van der Waals surface area contributed by atoms with Gasteiger partial charge in [0.15, 0.2) is 17.5 Å². The molecule has 0 radical (unpaired) electrons. The molecule has 0 N–H and O–H groups in total. The molecule has 0 bridgehead atoms. The van der Waals surface area contributed by atoms with E-state index in [1.165, 1.54) is 0 Å². The minimum Gasteiger partial charge on any atom is -0.456 e. The van der Waals surface area contributed by atoms with Crippen LogP contribution in [0.5, 0.6) is 0 Å². The van der Waals surface area contributed by atoms with Crippen LogP contribution in [0.2, 0.25) is 0 Å². The van der Waals surface area contributed by atoms with Crippen molar-refractivity contribution in [3.63, 3.8) is 0 Å². The lowest BCUT2D eigenvalue weighted by atomic mass is 9.93. The van der Waals surface area contributed by atoms with Gasteiger partial charge < -0.3 is 4.42 Å². The van der Waals surface area contributed by atoms with E-state index < -0.39 is 252 Å². The molecule has 0 saturated carbocycles. The van der Waals surface area contributed by atoms with Gasteiger partial charge in [-0.1, -0.05) is 139 Å². The van der Waals surface area contributed by atoms with E-state index in [1.54, 1.807) is 0 Å². The zero-order valence-electron chi connectivity index (χ0n) is 50.2. The fraction of sp³-hybridized carbons (Fsp3) is 0. The first-order valence-electron chi connectivity index (χ1n) is 27.0. The van der Waals surface area contributed by atoms with Gasteiger partial charge in [0.25, 0.3) is 0 Å². The molecule has 0 aliphatic rings. The lowest BCUT2D eigenvalue weighted by molar-refractivity contribution is 0.669. The minimum absolute atomic E-state index is 0.444. The second-order valence-electron chi connectivity index (χ2n) is 9.57. The summed E-state index contributed by atoms with van der Waals surface area (Å²) in [5.41, 5.74) is -6.59. The maximum Gasteiger partial charge on any atom is 0.164 e. The third kappa shape index (κ3) is 4.75. The van der Waals surface area contributed by atoms with Crippen molar-refractivity contribution in [2.45, 2.75) is 0 Å². The molecule has 0 unspecified atom stereocenters. The smallest absolute Gasteiger partial charge is 0.164 e. The topological polar surface area (TPSA) is 51.8 Å². The largest absolute Gasteiger partial charge is 0.456 e. The van der Waals surface area contributed by atoms with Crippen molar-refractivity contribution in [2.24, 2.45) is 0 Å². The molecule has 9 aromatic rings. The first-order chi connectivity index (χ1) is 34.5. The van der Waals surface area contributed by atoms with Gasteiger partial charge in [-0.3, -0.25) is 0 Å². The number of rotatable bonds is 5. The minimum atomic E-state index is -1.10. The molecule has 0 atom stereocenters. The Morgan fingerprint density at radius 1 is 0.362 bits per heavy atom. The molecule has 0 spiro atoms. The molecule has 0 saturated heterocycles. The molecule has 0 aliphatic carbocycles. The first kappa shape index (κ1) is 11.1. The van der Waals surface area contributed by atoms with Crippen LogP contribution < -0.4 is 0 Å². The summed E-state index contributed by atoms with van der Waals surface area (Å²) in [6, 6.07) is -24.9. The van der Waals surface area contributed by atoms with E-state index in [4.69, 9.17) is 33.2 Å². The van der Waals surface area contributed by atoms with Crippen LogP contribution in [0.25, 0.3) is 89.1 Å². The highest BCUT2D eigenvalue weighted by molar-refractivity contribution is 6.12. The molecule has 0 amide bonds. The highest BCUT2D eigenvalue weighted by atomic mass is 16.3. The Hall–Kier alpha value is -6.39. The van der Waals surface area contributed by atoms with Crippen LogP contribution in [0.15, 0.2) is 168 Å². The number of hydrogen-bond donors (Lipinski definition) is 0. The van der Waals surface area contributed by atoms with Crippen molar-refractivity contribution in [3.8, 4) is 56.4 Å². The summed E-state index contributed by atoms with van der Waals surface area (Å²) < 4.78 is 243. The molecule has 9 rings (SSSR count). The van der Waals surface area contributed by atoms with E-state index in [2.05, 4.69) is 15.0 Å². The maximum atomic E-state index is 9.62. The standard InChI is InChI=1S/C43H27N3O/c1-3-13-28(14-4-1)30-17-11-18-31(27-30)32-25-26-35(34-20-8-7-19-33(32)34)42-44-41(29-15-5-2-6-16-29)45-43(46-42)37-22-12-24-39-40(37)36-21-9-10-23-38(36)47-39/h1-27H/i1D,2D,3D,4D,5D,6D,7D,8D,9D,10D,11D,12D,13D,14D,15D,16D,17D,18D,19D,20D,21D,22D,23D,24D,25D,26D,27D. The van der Waals surface area contributed by atoms with Crippen LogP contribution in [0.1, 0.15) is 37.0 Å². The van der Waals surface area contributed by atoms with Gasteiger partial charge in [-0.2, -0.15) is 0 Å². The molecule has 7 aromatic carbocycles. The average Bonchev–Trinajstić information content (AvgIpc) is 3.77. The zero-order valence-corrected chi connectivity index (χ0v) is 23.2. The fourth-order valence-corrected chi connectivity index (χ4v) is 4.86. The predicted molar refractivity (Wildman–Crippen MR) is 192 cm³/mol. The third-order valence-electron chi connectivity index (χ3n) is 6.88. The summed E-state index contributed by atoms with van der Waals surface area (Å²) in [6.45, 7) is 0. The van der Waals surface area contributed by atoms with E-state index in [1.807, 2.05) is 0 Å². The van der Waals surface area contributed by atoms with Crippen LogP contribution in [0, 0.1) is 0 Å². The summed E-state index contributed by atoms with van der Waals surface area (Å²) in [4.78, 5) is 13.2. The van der Waals surface area contributed by atoms with Crippen molar-refractivity contribution in [2.75, 3.05) is 0 Å². The molecule has 220 valence electrons. The fourth-order valence-electron chi connectivity index (χ4n) is 4.86. The number of para-hydroxylation sites is 1. The normalized spacial score (nSPS) is 19.4. The molecule has 47 heavy (non-hydrogen) atoms. The van der Waals surface area contributed by atoms with Gasteiger partial charge in [0.05, 0.1) is 37.0 Å². The van der Waals surface area contributed by atoms with Gasteiger partial charge in [-0.15, -0.1) is 0 Å². The van der Waals surface area contributed by atoms with Gasteiger partial charge in [0.1, 0.15) is 11.2 Å². The van der Waals surface area contributed by atoms with Crippen molar-refractivity contribution in [1.29, 1.82) is 0 Å². The number of fused-ring (bicyclic) bond motifs is 4. The number of hydrogen-bond acceptors (Lipinski definition) is 4. The van der Waals surface area contributed by atoms with Gasteiger partial charge in [0, 0.05) is 27.5 Å². The Labute approximate surface area is 309 Å². The first-order valence-corrected chi connectivity index (χ1v) is 13.5. The van der Waals surface area contributed by atoms with Crippen molar-refractivity contribution < 1.29 is 41.4 Å². The number of aromatic nitrogens is 3. The monoisotopic (exact) mass is 628 g/mol. The molecule has 0 aliphatic heterocycles. The molecular weight excluding hydrogens is 574 g/mol. The van der Waals surface area contributed by atoms with Crippen molar-refractivity contribution in [3.05, 3.63) is 163 Å². The summed E-state index contributed by atoms with van der Waals surface area (Å²) in [5.74, 6) is -2.58. The van der Waals surface area contributed by atoms with Crippen LogP contribution in [0.4, 0.5) is 0 Å². The van der Waals surface area contributed by atoms with Gasteiger partial charge in [-0.05, 0) is 57.2 Å². The summed E-state index contributed by atoms with van der Waals surface area (Å²) in [5, 5.41) is -2.43. The van der Waals surface area contributed by atoms with Gasteiger partial charge in [-0.25, -0.2) is 15.0 Å². The summed E-state index contributed by atoms with van der Waals surface area (Å²) in [7, 11) is 0. The molecule has 4 heteroatoms. The Morgan fingerprint density at radius 2 is 0.894 bits per heavy atom. The van der Waals surface area contributed by atoms with Gasteiger partial charge >= 0.3 is 0 Å². The lowest BCUT2D eigenvalue weighted by Crippen LogP contribution is -2.01. The number of furan rings is 1. The molecule has 2 heterocycles. The quantitative estimate of drug-likeness (QED) is 0.190. The van der Waals surface area contributed by atoms with E-state index in [-0.39, 0.29) is 0 Å². The third-order valence-corrected chi connectivity index (χ3v) is 6.88. The predicted octanol–water partition coefficient (Wildman–Crippen LogP) is 11.3. The summed E-state index contributed by atoms with van der Waals surface area (Å²) >= 11 is 0. The lowest BCUT2D eigenvalue weighted by Gasteiger charge is -2.14.